The summed E-state index contributed by atoms with van der Waals surface area (Å²) in [7, 11) is 1.46. The minimum absolute atomic E-state index is 0.122. The van der Waals surface area contributed by atoms with E-state index in [0.717, 1.165) is 25.6 Å². The molecule has 2 rings (SSSR count). The summed E-state index contributed by atoms with van der Waals surface area (Å²) < 4.78 is 4.76. The van der Waals surface area contributed by atoms with E-state index in [1.807, 2.05) is 0 Å². The summed E-state index contributed by atoms with van der Waals surface area (Å²) in [5.74, 6) is 1.41. The van der Waals surface area contributed by atoms with Crippen LogP contribution in [0.3, 0.4) is 0 Å². The van der Waals surface area contributed by atoms with Gasteiger partial charge in [0.25, 0.3) is 0 Å². The third kappa shape index (κ3) is 4.77. The van der Waals surface area contributed by atoms with Gasteiger partial charge in [-0.05, 0) is 37.6 Å². The Morgan fingerprint density at radius 3 is 2.74 bits per heavy atom. The molecule has 1 saturated carbocycles. The molecule has 0 spiro atoms. The zero-order valence-corrected chi connectivity index (χ0v) is 12.4. The summed E-state index contributed by atoms with van der Waals surface area (Å²) in [6.07, 6.45) is 6.82. The van der Waals surface area contributed by atoms with Crippen molar-refractivity contribution in [1.82, 2.24) is 10.2 Å². The molecule has 0 aromatic heterocycles. The Kier molecular flexibility index (Phi) is 5.64. The Balaban J connectivity index is 1.74. The average molecular weight is 268 g/mol. The van der Waals surface area contributed by atoms with Crippen LogP contribution in [0.4, 0.5) is 0 Å². The summed E-state index contributed by atoms with van der Waals surface area (Å²) in [6.45, 7) is 5.85. The molecule has 2 unspecified atom stereocenters. The number of piperidine rings is 1. The van der Waals surface area contributed by atoms with E-state index in [-0.39, 0.29) is 5.97 Å². The van der Waals surface area contributed by atoms with Crippen LogP contribution >= 0.6 is 0 Å². The molecule has 4 nitrogen and oxygen atoms in total. The predicted octanol–water partition coefficient (Wildman–Crippen LogP) is 1.65. The predicted molar refractivity (Wildman–Crippen MR) is 76.0 cm³/mol. The highest BCUT2D eigenvalue weighted by Gasteiger charge is 2.26. The number of methoxy groups -OCH3 is 1. The van der Waals surface area contributed by atoms with Crippen molar-refractivity contribution in [2.24, 2.45) is 11.8 Å². The second-order valence-electron chi connectivity index (χ2n) is 6.37. The lowest BCUT2D eigenvalue weighted by molar-refractivity contribution is -0.142. The topological polar surface area (TPSA) is 41.6 Å². The van der Waals surface area contributed by atoms with E-state index < -0.39 is 0 Å². The number of rotatable bonds is 5. The fourth-order valence-electron chi connectivity index (χ4n) is 3.53. The number of likely N-dealkylation sites (tertiary alicyclic amines) is 1. The zero-order valence-electron chi connectivity index (χ0n) is 12.4. The first-order valence-corrected chi connectivity index (χ1v) is 7.70. The smallest absolute Gasteiger partial charge is 0.319 e. The van der Waals surface area contributed by atoms with Crippen LogP contribution in [-0.4, -0.2) is 50.2 Å². The molecular formula is C15H28N2O2. The Morgan fingerprint density at radius 1 is 1.32 bits per heavy atom. The molecule has 0 aromatic rings. The van der Waals surface area contributed by atoms with Gasteiger partial charge >= 0.3 is 5.97 Å². The quantitative estimate of drug-likeness (QED) is 0.770. The van der Waals surface area contributed by atoms with E-state index in [2.05, 4.69) is 17.1 Å². The number of nitrogens with zero attached hydrogens (tertiary/aromatic N) is 1. The molecule has 1 aliphatic heterocycles. The van der Waals surface area contributed by atoms with Gasteiger partial charge in [0.05, 0.1) is 13.7 Å². The second-order valence-corrected chi connectivity index (χ2v) is 6.37. The molecule has 19 heavy (non-hydrogen) atoms. The maximum Gasteiger partial charge on any atom is 0.319 e. The highest BCUT2D eigenvalue weighted by Crippen LogP contribution is 2.24. The molecule has 1 aliphatic carbocycles. The van der Waals surface area contributed by atoms with Crippen molar-refractivity contribution in [3.63, 3.8) is 0 Å². The van der Waals surface area contributed by atoms with Gasteiger partial charge in [0.15, 0.2) is 0 Å². The Morgan fingerprint density at radius 2 is 2.05 bits per heavy atom. The molecule has 110 valence electrons. The highest BCUT2D eigenvalue weighted by atomic mass is 16.5. The van der Waals surface area contributed by atoms with Gasteiger partial charge in [-0.25, -0.2) is 0 Å². The molecule has 0 radical (unpaired) electrons. The fraction of sp³-hybridized carbons (Fsp3) is 0.933. The van der Waals surface area contributed by atoms with Crippen molar-refractivity contribution in [2.45, 2.75) is 45.1 Å². The van der Waals surface area contributed by atoms with Gasteiger partial charge in [0, 0.05) is 19.1 Å². The van der Waals surface area contributed by atoms with Gasteiger partial charge < -0.3 is 10.1 Å². The number of hydrogen-bond acceptors (Lipinski definition) is 4. The van der Waals surface area contributed by atoms with Crippen LogP contribution in [0.25, 0.3) is 0 Å². The van der Waals surface area contributed by atoms with Crippen LogP contribution in [0.1, 0.15) is 39.0 Å². The molecule has 4 heteroatoms. The van der Waals surface area contributed by atoms with E-state index in [9.17, 15) is 4.79 Å². The first kappa shape index (κ1) is 14.8. The Labute approximate surface area is 116 Å². The molecule has 1 heterocycles. The van der Waals surface area contributed by atoms with Crippen molar-refractivity contribution in [3.8, 4) is 0 Å². The summed E-state index contributed by atoms with van der Waals surface area (Å²) in [5, 5.41) is 3.72. The second kappa shape index (κ2) is 7.25. The van der Waals surface area contributed by atoms with Crippen LogP contribution < -0.4 is 5.32 Å². The fourth-order valence-corrected chi connectivity index (χ4v) is 3.53. The van der Waals surface area contributed by atoms with E-state index >= 15 is 0 Å². The lowest BCUT2D eigenvalue weighted by Gasteiger charge is -2.36. The van der Waals surface area contributed by atoms with Gasteiger partial charge in [-0.1, -0.05) is 19.8 Å². The molecule has 0 bridgehead atoms. The zero-order chi connectivity index (χ0) is 13.7. The van der Waals surface area contributed by atoms with E-state index in [4.69, 9.17) is 4.74 Å². The maximum absolute atomic E-state index is 11.4. The Hall–Kier alpha value is -0.610. The number of ether oxygens (including phenoxy) is 1. The highest BCUT2D eigenvalue weighted by molar-refractivity contribution is 5.71. The number of hydrogen-bond donors (Lipinski definition) is 1. The summed E-state index contributed by atoms with van der Waals surface area (Å²) in [4.78, 5) is 13.6. The lowest BCUT2D eigenvalue weighted by atomic mass is 9.95. The molecule has 2 aliphatic rings. The first-order chi connectivity index (χ1) is 9.17. The summed E-state index contributed by atoms with van der Waals surface area (Å²) >= 11 is 0. The lowest BCUT2D eigenvalue weighted by Crippen LogP contribution is -2.50. The minimum atomic E-state index is -0.122. The molecule has 0 amide bonds. The number of carbonyl (C=O) groups excluding carboxylic acids is 1. The third-order valence-electron chi connectivity index (χ3n) is 4.49. The van der Waals surface area contributed by atoms with E-state index in [0.29, 0.717) is 18.5 Å². The van der Waals surface area contributed by atoms with Crippen molar-refractivity contribution in [3.05, 3.63) is 0 Å². The van der Waals surface area contributed by atoms with E-state index in [1.165, 1.54) is 39.2 Å². The molecule has 1 N–H and O–H groups in total. The van der Waals surface area contributed by atoms with Crippen LogP contribution in [0.2, 0.25) is 0 Å². The molecular weight excluding hydrogens is 240 g/mol. The normalized spacial score (nSPS) is 29.6. The number of nitrogens with one attached hydrogen (secondary N) is 1. The monoisotopic (exact) mass is 268 g/mol. The van der Waals surface area contributed by atoms with Crippen molar-refractivity contribution in [1.29, 1.82) is 0 Å². The number of esters is 1. The maximum atomic E-state index is 11.4. The summed E-state index contributed by atoms with van der Waals surface area (Å²) in [5.41, 5.74) is 0. The Bertz CT molecular complexity index is 290. The third-order valence-corrected chi connectivity index (χ3v) is 4.49. The standard InChI is InChI=1S/C15H28N2O2/c1-12-7-14(16-8-13-5-3-4-6-13)10-17(9-12)11-15(18)19-2/h12-14,16H,3-11H2,1-2H3. The van der Waals surface area contributed by atoms with Crippen molar-refractivity contribution in [2.75, 3.05) is 33.3 Å². The average Bonchev–Trinajstić information content (AvgIpc) is 2.88. The van der Waals surface area contributed by atoms with Crippen LogP contribution in [0.15, 0.2) is 0 Å². The molecule has 0 aromatic carbocycles. The molecule has 2 fully saturated rings. The number of carbonyl (C=O) groups is 1. The minimum Gasteiger partial charge on any atom is -0.468 e. The molecule has 2 atom stereocenters. The summed E-state index contributed by atoms with van der Waals surface area (Å²) in [6, 6.07) is 0.536. The van der Waals surface area contributed by atoms with E-state index in [1.54, 1.807) is 0 Å². The van der Waals surface area contributed by atoms with Crippen molar-refractivity contribution >= 4 is 5.97 Å². The van der Waals surface area contributed by atoms with Gasteiger partial charge in [-0.3, -0.25) is 9.69 Å². The van der Waals surface area contributed by atoms with Gasteiger partial charge in [0.1, 0.15) is 0 Å². The van der Waals surface area contributed by atoms with Crippen LogP contribution in [0, 0.1) is 11.8 Å². The van der Waals surface area contributed by atoms with Crippen molar-refractivity contribution < 1.29 is 9.53 Å². The van der Waals surface area contributed by atoms with Crippen LogP contribution in [0.5, 0.6) is 0 Å². The van der Waals surface area contributed by atoms with Gasteiger partial charge in [-0.2, -0.15) is 0 Å². The SMILES string of the molecule is COC(=O)CN1CC(C)CC(NCC2CCCC2)C1. The first-order valence-electron chi connectivity index (χ1n) is 7.70. The van der Waals surface area contributed by atoms with Gasteiger partial charge in [-0.15, -0.1) is 0 Å². The largest absolute Gasteiger partial charge is 0.468 e. The molecule has 1 saturated heterocycles. The van der Waals surface area contributed by atoms with Gasteiger partial charge in [0.2, 0.25) is 0 Å². The van der Waals surface area contributed by atoms with Crippen LogP contribution in [-0.2, 0) is 9.53 Å².